The molecule has 0 radical (unpaired) electrons. The fourth-order valence-electron chi connectivity index (χ4n) is 2.72. The summed E-state index contributed by atoms with van der Waals surface area (Å²) in [4.78, 5) is 2.12. The first-order valence-corrected chi connectivity index (χ1v) is 7.49. The number of benzene rings is 1. The Hall–Kier alpha value is -0.750. The monoisotopic (exact) mass is 350 g/mol. The maximum absolute atomic E-state index is 12.7. The molecule has 1 heterocycles. The number of hydrogen-bond acceptors (Lipinski definition) is 2. The van der Waals surface area contributed by atoms with Crippen molar-refractivity contribution in [3.63, 3.8) is 0 Å². The summed E-state index contributed by atoms with van der Waals surface area (Å²) in [6.07, 6.45) is -1.19. The lowest BCUT2D eigenvalue weighted by Gasteiger charge is -2.40. The second-order valence-corrected chi connectivity index (χ2v) is 6.13. The summed E-state index contributed by atoms with van der Waals surface area (Å²) in [5, 5.41) is 0. The molecule has 0 aliphatic carbocycles. The van der Waals surface area contributed by atoms with Crippen LogP contribution in [0.15, 0.2) is 22.7 Å². The van der Waals surface area contributed by atoms with Gasteiger partial charge in [-0.2, -0.15) is 13.2 Å². The van der Waals surface area contributed by atoms with Crippen LogP contribution < -0.4 is 10.6 Å². The van der Waals surface area contributed by atoms with Gasteiger partial charge in [0.05, 0.1) is 11.3 Å². The van der Waals surface area contributed by atoms with Gasteiger partial charge in [-0.3, -0.25) is 0 Å². The van der Waals surface area contributed by atoms with Gasteiger partial charge in [-0.1, -0.05) is 0 Å². The molecule has 0 aromatic heterocycles. The Morgan fingerprint density at radius 1 is 1.35 bits per heavy atom. The largest absolute Gasteiger partial charge is 0.416 e. The molecule has 1 fully saturated rings. The number of nitrogens with two attached hydrogens (primary N) is 1. The maximum Gasteiger partial charge on any atom is 0.416 e. The first-order chi connectivity index (χ1) is 9.30. The SMILES string of the molecule is CC(N)C1CCCCN1c1ccc(C(F)(F)F)cc1Br. The molecule has 2 rings (SSSR count). The zero-order valence-corrected chi connectivity index (χ0v) is 12.8. The van der Waals surface area contributed by atoms with Gasteiger partial charge in [-0.05, 0) is 60.3 Å². The van der Waals surface area contributed by atoms with Crippen molar-refractivity contribution in [2.45, 2.75) is 44.4 Å². The summed E-state index contributed by atoms with van der Waals surface area (Å²) in [6.45, 7) is 2.77. The molecule has 20 heavy (non-hydrogen) atoms. The molecule has 1 aromatic carbocycles. The van der Waals surface area contributed by atoms with Crippen LogP contribution in [0.25, 0.3) is 0 Å². The highest BCUT2D eigenvalue weighted by atomic mass is 79.9. The molecule has 1 aromatic rings. The van der Waals surface area contributed by atoms with E-state index in [-0.39, 0.29) is 12.1 Å². The summed E-state index contributed by atoms with van der Waals surface area (Å²) in [5.74, 6) is 0. The Balaban J connectivity index is 2.32. The topological polar surface area (TPSA) is 29.3 Å². The lowest BCUT2D eigenvalue weighted by atomic mass is 9.96. The average molecular weight is 351 g/mol. The van der Waals surface area contributed by atoms with Crippen LogP contribution in [0.1, 0.15) is 31.7 Å². The Kier molecular flexibility index (Phi) is 4.64. The van der Waals surface area contributed by atoms with Gasteiger partial charge in [0.15, 0.2) is 0 Å². The summed E-state index contributed by atoms with van der Waals surface area (Å²) < 4.78 is 38.5. The van der Waals surface area contributed by atoms with Crippen molar-refractivity contribution in [1.29, 1.82) is 0 Å². The van der Waals surface area contributed by atoms with Crippen LogP contribution in [-0.2, 0) is 6.18 Å². The Morgan fingerprint density at radius 3 is 2.60 bits per heavy atom. The molecule has 0 bridgehead atoms. The van der Waals surface area contributed by atoms with Gasteiger partial charge in [0.2, 0.25) is 0 Å². The first-order valence-electron chi connectivity index (χ1n) is 6.69. The van der Waals surface area contributed by atoms with Crippen molar-refractivity contribution in [1.82, 2.24) is 0 Å². The van der Waals surface area contributed by atoms with Crippen molar-refractivity contribution in [2.75, 3.05) is 11.4 Å². The lowest BCUT2D eigenvalue weighted by Crippen LogP contribution is -2.49. The predicted molar refractivity (Wildman–Crippen MR) is 77.8 cm³/mol. The van der Waals surface area contributed by atoms with E-state index in [1.165, 1.54) is 6.07 Å². The van der Waals surface area contributed by atoms with Crippen molar-refractivity contribution in [3.05, 3.63) is 28.2 Å². The van der Waals surface area contributed by atoms with Crippen molar-refractivity contribution < 1.29 is 13.2 Å². The average Bonchev–Trinajstić information content (AvgIpc) is 2.37. The van der Waals surface area contributed by atoms with Gasteiger partial charge in [0.1, 0.15) is 0 Å². The number of alkyl halides is 3. The Labute approximate surface area is 125 Å². The van der Waals surface area contributed by atoms with Gasteiger partial charge < -0.3 is 10.6 Å². The lowest BCUT2D eigenvalue weighted by molar-refractivity contribution is -0.137. The molecular formula is C14H18BrF3N2. The molecule has 2 nitrogen and oxygen atoms in total. The molecule has 1 aliphatic heterocycles. The quantitative estimate of drug-likeness (QED) is 0.866. The summed E-state index contributed by atoms with van der Waals surface area (Å²) in [7, 11) is 0. The summed E-state index contributed by atoms with van der Waals surface area (Å²) >= 11 is 3.27. The van der Waals surface area contributed by atoms with E-state index in [9.17, 15) is 13.2 Å². The highest BCUT2D eigenvalue weighted by molar-refractivity contribution is 9.10. The molecule has 0 amide bonds. The third-order valence-electron chi connectivity index (χ3n) is 3.74. The standard InChI is InChI=1S/C14H18BrF3N2/c1-9(19)12-4-2-3-7-20(12)13-6-5-10(8-11(13)15)14(16,17)18/h5-6,8-9,12H,2-4,7,19H2,1H3. The van der Waals surface area contributed by atoms with Crippen molar-refractivity contribution in [2.24, 2.45) is 5.73 Å². The van der Waals surface area contributed by atoms with Gasteiger partial charge in [0.25, 0.3) is 0 Å². The van der Waals surface area contributed by atoms with Crippen LogP contribution in [0.2, 0.25) is 0 Å². The number of anilines is 1. The van der Waals surface area contributed by atoms with Crippen molar-refractivity contribution in [3.8, 4) is 0 Å². The van der Waals surface area contributed by atoms with Gasteiger partial charge in [-0.25, -0.2) is 0 Å². The van der Waals surface area contributed by atoms with Gasteiger partial charge in [0, 0.05) is 23.1 Å². The number of rotatable bonds is 2. The number of nitrogens with zero attached hydrogens (tertiary/aromatic N) is 1. The van der Waals surface area contributed by atoms with E-state index in [0.29, 0.717) is 4.47 Å². The minimum atomic E-state index is -4.32. The zero-order valence-electron chi connectivity index (χ0n) is 11.3. The number of piperidine rings is 1. The van der Waals surface area contributed by atoms with Crippen LogP contribution in [0, 0.1) is 0 Å². The number of halogens is 4. The molecule has 1 aliphatic rings. The van der Waals surface area contributed by atoms with E-state index in [1.54, 1.807) is 0 Å². The van der Waals surface area contributed by atoms with E-state index < -0.39 is 11.7 Å². The molecule has 0 spiro atoms. The van der Waals surface area contributed by atoms with Crippen LogP contribution >= 0.6 is 15.9 Å². The van der Waals surface area contributed by atoms with E-state index in [2.05, 4.69) is 20.8 Å². The van der Waals surface area contributed by atoms with Crippen LogP contribution in [0.4, 0.5) is 18.9 Å². The van der Waals surface area contributed by atoms with Crippen LogP contribution in [0.3, 0.4) is 0 Å². The molecule has 1 saturated heterocycles. The fourth-order valence-corrected chi connectivity index (χ4v) is 3.33. The first kappa shape index (κ1) is 15.6. The van der Waals surface area contributed by atoms with Crippen LogP contribution in [0.5, 0.6) is 0 Å². The number of hydrogen-bond donors (Lipinski definition) is 1. The van der Waals surface area contributed by atoms with E-state index >= 15 is 0 Å². The zero-order chi connectivity index (χ0) is 14.9. The Bertz CT molecular complexity index is 474. The van der Waals surface area contributed by atoms with Crippen molar-refractivity contribution >= 4 is 21.6 Å². The maximum atomic E-state index is 12.7. The Morgan fingerprint density at radius 2 is 2.05 bits per heavy atom. The predicted octanol–water partition coefficient (Wildman–Crippen LogP) is 4.17. The molecule has 0 saturated carbocycles. The van der Waals surface area contributed by atoms with Gasteiger partial charge >= 0.3 is 6.18 Å². The highest BCUT2D eigenvalue weighted by Gasteiger charge is 2.32. The molecule has 112 valence electrons. The fraction of sp³-hybridized carbons (Fsp3) is 0.571. The minimum Gasteiger partial charge on any atom is -0.366 e. The highest BCUT2D eigenvalue weighted by Crippen LogP contribution is 2.37. The third kappa shape index (κ3) is 3.28. The second-order valence-electron chi connectivity index (χ2n) is 5.28. The van der Waals surface area contributed by atoms with E-state index in [1.807, 2.05) is 6.92 Å². The molecule has 2 unspecified atom stereocenters. The summed E-state index contributed by atoms with van der Waals surface area (Å²) in [6, 6.07) is 3.98. The molecule has 2 atom stereocenters. The van der Waals surface area contributed by atoms with Crippen LogP contribution in [-0.4, -0.2) is 18.6 Å². The molecule has 2 N–H and O–H groups in total. The molecular weight excluding hydrogens is 333 g/mol. The second kappa shape index (κ2) is 5.93. The normalized spacial score (nSPS) is 21.9. The van der Waals surface area contributed by atoms with E-state index in [4.69, 9.17) is 5.73 Å². The smallest absolute Gasteiger partial charge is 0.366 e. The molecule has 6 heteroatoms. The minimum absolute atomic E-state index is 0.00973. The van der Waals surface area contributed by atoms with E-state index in [0.717, 1.165) is 43.6 Å². The van der Waals surface area contributed by atoms with Gasteiger partial charge in [-0.15, -0.1) is 0 Å². The third-order valence-corrected chi connectivity index (χ3v) is 4.38. The summed E-state index contributed by atoms with van der Waals surface area (Å²) in [5.41, 5.74) is 6.16.